The van der Waals surface area contributed by atoms with Gasteiger partial charge in [-0.25, -0.2) is 5.43 Å². The van der Waals surface area contributed by atoms with Gasteiger partial charge in [0.2, 0.25) is 0 Å². The quantitative estimate of drug-likeness (QED) is 0.497. The summed E-state index contributed by atoms with van der Waals surface area (Å²) >= 11 is 5.72. The minimum atomic E-state index is -0.556. The molecule has 8 nitrogen and oxygen atoms in total. The summed E-state index contributed by atoms with van der Waals surface area (Å²) in [6.07, 6.45) is 4.47. The van der Waals surface area contributed by atoms with Crippen molar-refractivity contribution in [3.05, 3.63) is 62.4 Å². The number of nitrogens with zero attached hydrogens (tertiary/aromatic N) is 3. The lowest BCUT2D eigenvalue weighted by molar-refractivity contribution is -0.384. The van der Waals surface area contributed by atoms with E-state index in [0.717, 1.165) is 5.69 Å². The van der Waals surface area contributed by atoms with Crippen LogP contribution in [0.3, 0.4) is 0 Å². The number of halogens is 1. The zero-order valence-electron chi connectivity index (χ0n) is 12.0. The number of nitrogens with one attached hydrogen (secondary N) is 2. The van der Waals surface area contributed by atoms with Crippen LogP contribution in [0, 0.1) is 17.0 Å². The number of carbonyl (C=O) groups is 1. The maximum Gasteiger partial charge on any atom is 0.291 e. The van der Waals surface area contributed by atoms with Crippen molar-refractivity contribution >= 4 is 35.5 Å². The van der Waals surface area contributed by atoms with E-state index in [-0.39, 0.29) is 16.4 Å². The molecule has 0 spiro atoms. The minimum absolute atomic E-state index is 0.0716. The van der Waals surface area contributed by atoms with Crippen LogP contribution in [-0.2, 0) is 0 Å². The zero-order chi connectivity index (χ0) is 16.8. The second-order valence-electron chi connectivity index (χ2n) is 4.48. The van der Waals surface area contributed by atoms with Crippen LogP contribution < -0.4 is 5.43 Å². The Hall–Kier alpha value is -3.00. The largest absolute Gasteiger partial charge is 0.291 e. The van der Waals surface area contributed by atoms with Crippen molar-refractivity contribution in [2.45, 2.75) is 6.92 Å². The van der Waals surface area contributed by atoms with Crippen LogP contribution in [0.4, 0.5) is 5.69 Å². The highest BCUT2D eigenvalue weighted by Gasteiger charge is 2.11. The number of allylic oxidation sites excluding steroid dienone is 1. The number of hydrazone groups is 1. The lowest BCUT2D eigenvalue weighted by atomic mass is 10.2. The lowest BCUT2D eigenvalue weighted by Crippen LogP contribution is -2.17. The average Bonchev–Trinajstić information content (AvgIpc) is 2.94. The van der Waals surface area contributed by atoms with Gasteiger partial charge in [0.15, 0.2) is 5.69 Å². The molecule has 1 aromatic heterocycles. The topological polar surface area (TPSA) is 113 Å². The van der Waals surface area contributed by atoms with Crippen molar-refractivity contribution in [2.24, 2.45) is 5.10 Å². The van der Waals surface area contributed by atoms with Crippen molar-refractivity contribution in [3.63, 3.8) is 0 Å². The predicted octanol–water partition coefficient (Wildman–Crippen LogP) is 2.71. The first-order valence-corrected chi connectivity index (χ1v) is 6.81. The van der Waals surface area contributed by atoms with E-state index in [4.69, 9.17) is 11.6 Å². The van der Waals surface area contributed by atoms with Gasteiger partial charge in [-0.05, 0) is 30.7 Å². The van der Waals surface area contributed by atoms with Crippen molar-refractivity contribution in [1.82, 2.24) is 15.6 Å². The number of rotatable bonds is 5. The third-order valence-corrected chi connectivity index (χ3v) is 3.04. The summed E-state index contributed by atoms with van der Waals surface area (Å²) in [5, 5.41) is 21.0. The van der Waals surface area contributed by atoms with E-state index in [0.29, 0.717) is 5.56 Å². The number of hydrogen-bond acceptors (Lipinski definition) is 5. The fourth-order valence-corrected chi connectivity index (χ4v) is 1.84. The Kier molecular flexibility index (Phi) is 5.21. The lowest BCUT2D eigenvalue weighted by Gasteiger charge is -1.96. The first-order valence-electron chi connectivity index (χ1n) is 6.43. The van der Waals surface area contributed by atoms with Crippen LogP contribution in [0.15, 0.2) is 35.4 Å². The van der Waals surface area contributed by atoms with Crippen molar-refractivity contribution in [2.75, 3.05) is 0 Å². The molecule has 1 heterocycles. The summed E-state index contributed by atoms with van der Waals surface area (Å²) in [6.45, 7) is 1.78. The van der Waals surface area contributed by atoms with E-state index in [1.165, 1.54) is 24.4 Å². The molecule has 1 amide bonds. The molecule has 0 atom stereocenters. The molecule has 2 aromatic rings. The van der Waals surface area contributed by atoms with Gasteiger partial charge in [-0.15, -0.1) is 0 Å². The number of H-pyrrole nitrogens is 1. The number of nitro groups is 1. The molecule has 0 saturated heterocycles. The van der Waals surface area contributed by atoms with Gasteiger partial charge in [-0.2, -0.15) is 10.2 Å². The standard InChI is InChI=1S/C14H12ClN5O3/c1-9-7-12(18-17-9)14(21)19-16-6-2-3-10-4-5-11(15)13(8-10)20(22)23/h2-8H,1H3,(H,17,18)(H,19,21)/b3-2+,16-6+. The highest BCUT2D eigenvalue weighted by Crippen LogP contribution is 2.25. The molecule has 0 saturated carbocycles. The summed E-state index contributed by atoms with van der Waals surface area (Å²) in [5.41, 5.74) is 3.72. The molecule has 0 bridgehead atoms. The van der Waals surface area contributed by atoms with Gasteiger partial charge in [0.25, 0.3) is 11.6 Å². The SMILES string of the molecule is Cc1cc(C(=O)N/N=C/C=C/c2ccc(Cl)c([N+](=O)[O-])c2)n[nH]1. The number of amides is 1. The monoisotopic (exact) mass is 333 g/mol. The smallest absolute Gasteiger partial charge is 0.282 e. The van der Waals surface area contributed by atoms with Gasteiger partial charge in [0.05, 0.1) is 4.92 Å². The van der Waals surface area contributed by atoms with Crippen LogP contribution in [-0.4, -0.2) is 27.2 Å². The summed E-state index contributed by atoms with van der Waals surface area (Å²) in [7, 11) is 0. The van der Waals surface area contributed by atoms with Crippen LogP contribution in [0.2, 0.25) is 5.02 Å². The van der Waals surface area contributed by atoms with Gasteiger partial charge in [0.1, 0.15) is 5.02 Å². The molecule has 0 aliphatic rings. The fraction of sp³-hybridized carbons (Fsp3) is 0.0714. The molecule has 0 aliphatic carbocycles. The second-order valence-corrected chi connectivity index (χ2v) is 4.89. The summed E-state index contributed by atoms with van der Waals surface area (Å²) in [5.74, 6) is -0.443. The Bertz CT molecular complexity index is 797. The first kappa shape index (κ1) is 16.4. The number of aromatic nitrogens is 2. The van der Waals surface area contributed by atoms with E-state index in [1.807, 2.05) is 0 Å². The Morgan fingerprint density at radius 3 is 2.91 bits per heavy atom. The molecule has 0 fully saturated rings. The van der Waals surface area contributed by atoms with Gasteiger partial charge >= 0.3 is 0 Å². The van der Waals surface area contributed by atoms with Crippen molar-refractivity contribution in [1.29, 1.82) is 0 Å². The van der Waals surface area contributed by atoms with Gasteiger partial charge in [-0.1, -0.05) is 23.7 Å². The Morgan fingerprint density at radius 1 is 1.48 bits per heavy atom. The number of hydrogen-bond donors (Lipinski definition) is 2. The molecular formula is C14H12ClN5O3. The maximum absolute atomic E-state index is 11.6. The highest BCUT2D eigenvalue weighted by atomic mass is 35.5. The molecular weight excluding hydrogens is 322 g/mol. The summed E-state index contributed by atoms with van der Waals surface area (Å²) in [4.78, 5) is 21.8. The number of aromatic amines is 1. The molecule has 2 rings (SSSR count). The molecule has 0 unspecified atom stereocenters. The molecule has 1 aromatic carbocycles. The van der Waals surface area contributed by atoms with E-state index >= 15 is 0 Å². The van der Waals surface area contributed by atoms with Crippen molar-refractivity contribution < 1.29 is 9.72 Å². The predicted molar refractivity (Wildman–Crippen MR) is 86.4 cm³/mol. The van der Waals surface area contributed by atoms with E-state index in [9.17, 15) is 14.9 Å². The third-order valence-electron chi connectivity index (χ3n) is 2.72. The highest BCUT2D eigenvalue weighted by molar-refractivity contribution is 6.32. The fourth-order valence-electron chi connectivity index (χ4n) is 1.66. The van der Waals surface area contributed by atoms with E-state index in [2.05, 4.69) is 20.7 Å². The molecule has 118 valence electrons. The summed E-state index contributed by atoms with van der Waals surface area (Å²) in [6, 6.07) is 6.01. The first-order chi connectivity index (χ1) is 11.0. The number of nitro benzene ring substituents is 1. The molecule has 2 N–H and O–H groups in total. The van der Waals surface area contributed by atoms with Crippen LogP contribution in [0.1, 0.15) is 21.7 Å². The molecule has 0 aliphatic heterocycles. The number of carbonyl (C=O) groups excluding carboxylic acids is 1. The maximum atomic E-state index is 11.6. The minimum Gasteiger partial charge on any atom is -0.282 e. The van der Waals surface area contributed by atoms with Crippen LogP contribution >= 0.6 is 11.6 Å². The molecule has 9 heteroatoms. The van der Waals surface area contributed by atoms with Crippen molar-refractivity contribution in [3.8, 4) is 0 Å². The number of aryl methyl sites for hydroxylation is 1. The molecule has 0 radical (unpaired) electrons. The number of benzene rings is 1. The molecule has 23 heavy (non-hydrogen) atoms. The van der Waals surface area contributed by atoms with Gasteiger partial charge < -0.3 is 0 Å². The van der Waals surface area contributed by atoms with E-state index in [1.54, 1.807) is 25.1 Å². The summed E-state index contributed by atoms with van der Waals surface area (Å²) < 4.78 is 0. The average molecular weight is 334 g/mol. The Labute approximate surface area is 136 Å². The normalized spacial score (nSPS) is 11.2. The Balaban J connectivity index is 1.95. The third kappa shape index (κ3) is 4.48. The Morgan fingerprint density at radius 2 is 2.26 bits per heavy atom. The van der Waals surface area contributed by atoms with Gasteiger partial charge in [0, 0.05) is 18.0 Å². The zero-order valence-corrected chi connectivity index (χ0v) is 12.7. The van der Waals surface area contributed by atoms with E-state index < -0.39 is 10.8 Å². The van der Waals surface area contributed by atoms with Crippen LogP contribution in [0.25, 0.3) is 6.08 Å². The second kappa shape index (κ2) is 7.32. The van der Waals surface area contributed by atoms with Crippen LogP contribution in [0.5, 0.6) is 0 Å². The van der Waals surface area contributed by atoms with Gasteiger partial charge in [-0.3, -0.25) is 20.0 Å².